The van der Waals surface area contributed by atoms with E-state index in [4.69, 9.17) is 9.47 Å². The van der Waals surface area contributed by atoms with Gasteiger partial charge in [0.05, 0.1) is 36.1 Å². The zero-order valence-electron chi connectivity index (χ0n) is 17.7. The van der Waals surface area contributed by atoms with E-state index in [2.05, 4.69) is 4.99 Å². The van der Waals surface area contributed by atoms with Crippen LogP contribution in [0.3, 0.4) is 0 Å². The molecule has 158 valence electrons. The van der Waals surface area contributed by atoms with Crippen LogP contribution in [0.2, 0.25) is 0 Å². The molecule has 0 bridgehead atoms. The third-order valence-corrected chi connectivity index (χ3v) is 6.18. The van der Waals surface area contributed by atoms with Gasteiger partial charge in [-0.2, -0.15) is 0 Å². The quantitative estimate of drug-likeness (QED) is 0.592. The van der Waals surface area contributed by atoms with E-state index in [1.165, 1.54) is 18.4 Å². The van der Waals surface area contributed by atoms with Crippen LogP contribution in [0.5, 0.6) is 5.75 Å². The molecule has 1 unspecified atom stereocenters. The van der Waals surface area contributed by atoms with Gasteiger partial charge in [0.1, 0.15) is 5.75 Å². The van der Waals surface area contributed by atoms with Crippen LogP contribution >= 0.6 is 11.3 Å². The highest BCUT2D eigenvalue weighted by molar-refractivity contribution is 7.07. The summed E-state index contributed by atoms with van der Waals surface area (Å²) < 4.78 is 12.4. The Morgan fingerprint density at radius 1 is 1.13 bits per heavy atom. The first kappa shape index (κ1) is 20.8. The average molecular weight is 435 g/mol. The van der Waals surface area contributed by atoms with E-state index in [-0.39, 0.29) is 5.56 Å². The van der Waals surface area contributed by atoms with Crippen LogP contribution in [0.1, 0.15) is 29.7 Å². The highest BCUT2D eigenvalue weighted by Gasteiger charge is 2.33. The van der Waals surface area contributed by atoms with Gasteiger partial charge in [0.25, 0.3) is 5.56 Å². The Morgan fingerprint density at radius 3 is 2.52 bits per heavy atom. The van der Waals surface area contributed by atoms with Gasteiger partial charge in [0.15, 0.2) is 4.80 Å². The van der Waals surface area contributed by atoms with Gasteiger partial charge < -0.3 is 9.47 Å². The number of carbonyl (C=O) groups is 1. The summed E-state index contributed by atoms with van der Waals surface area (Å²) in [5.41, 5.74) is 3.48. The highest BCUT2D eigenvalue weighted by atomic mass is 32.1. The second-order valence-corrected chi connectivity index (χ2v) is 8.27. The molecule has 4 rings (SSSR count). The largest absolute Gasteiger partial charge is 0.497 e. The minimum atomic E-state index is -0.596. The van der Waals surface area contributed by atoms with Crippen molar-refractivity contribution in [3.8, 4) is 5.75 Å². The number of carbonyl (C=O) groups excluding carboxylic acids is 1. The van der Waals surface area contributed by atoms with Gasteiger partial charge in [0.2, 0.25) is 0 Å². The summed E-state index contributed by atoms with van der Waals surface area (Å²) in [4.78, 5) is 31.2. The fraction of sp³-hybridized carbons (Fsp3) is 0.208. The van der Waals surface area contributed by atoms with Gasteiger partial charge in [-0.3, -0.25) is 9.36 Å². The van der Waals surface area contributed by atoms with Crippen molar-refractivity contribution in [1.82, 2.24) is 4.57 Å². The Bertz CT molecular complexity index is 1360. The molecule has 31 heavy (non-hydrogen) atoms. The van der Waals surface area contributed by atoms with Gasteiger partial charge in [-0.15, -0.1) is 0 Å². The van der Waals surface area contributed by atoms with Gasteiger partial charge in [-0.25, -0.2) is 9.79 Å². The number of aromatic nitrogens is 1. The molecular formula is C24H22N2O4S. The molecule has 0 spiro atoms. The van der Waals surface area contributed by atoms with E-state index in [1.807, 2.05) is 61.5 Å². The van der Waals surface area contributed by atoms with Crippen LogP contribution in [0.25, 0.3) is 6.08 Å². The minimum absolute atomic E-state index is 0.194. The van der Waals surface area contributed by atoms with Crippen molar-refractivity contribution in [3.05, 3.63) is 96.2 Å². The predicted octanol–water partition coefficient (Wildman–Crippen LogP) is 2.73. The maximum absolute atomic E-state index is 13.5. The van der Waals surface area contributed by atoms with E-state index in [1.54, 1.807) is 18.6 Å². The molecule has 0 radical (unpaired) electrons. The van der Waals surface area contributed by atoms with Gasteiger partial charge in [-0.1, -0.05) is 53.3 Å². The molecule has 0 saturated carbocycles. The van der Waals surface area contributed by atoms with Crippen molar-refractivity contribution in [1.29, 1.82) is 0 Å². The third-order valence-electron chi connectivity index (χ3n) is 5.20. The molecule has 2 aromatic carbocycles. The highest BCUT2D eigenvalue weighted by Crippen LogP contribution is 2.30. The lowest BCUT2D eigenvalue weighted by atomic mass is 9.95. The lowest BCUT2D eigenvalue weighted by Gasteiger charge is -2.24. The van der Waals surface area contributed by atoms with Crippen molar-refractivity contribution < 1.29 is 14.3 Å². The maximum atomic E-state index is 13.5. The van der Waals surface area contributed by atoms with Crippen molar-refractivity contribution in [2.45, 2.75) is 19.9 Å². The molecule has 1 aromatic heterocycles. The summed E-state index contributed by atoms with van der Waals surface area (Å²) in [5, 5.41) is 0. The summed E-state index contributed by atoms with van der Waals surface area (Å²) in [6.45, 7) is 3.75. The topological polar surface area (TPSA) is 69.9 Å². The molecular weight excluding hydrogens is 412 g/mol. The van der Waals surface area contributed by atoms with Crippen LogP contribution in [0, 0.1) is 6.92 Å². The van der Waals surface area contributed by atoms with Crippen molar-refractivity contribution in [2.75, 3.05) is 14.2 Å². The number of esters is 1. The van der Waals surface area contributed by atoms with E-state index < -0.39 is 12.0 Å². The predicted molar refractivity (Wildman–Crippen MR) is 120 cm³/mol. The molecule has 0 fully saturated rings. The molecule has 1 aliphatic heterocycles. The summed E-state index contributed by atoms with van der Waals surface area (Å²) in [5.74, 6) is 0.258. The van der Waals surface area contributed by atoms with Crippen LogP contribution in [0.4, 0.5) is 0 Å². The third kappa shape index (κ3) is 3.84. The molecule has 0 amide bonds. The SMILES string of the molecule is COC(=O)C1=C(C)N=c2s/c(=C\c3ccc(OC)cc3)c(=O)n2C1c1cccc(C)c1. The number of fused-ring (bicyclic) bond motifs is 1. The zero-order valence-corrected chi connectivity index (χ0v) is 18.5. The molecule has 7 heteroatoms. The van der Waals surface area contributed by atoms with E-state index in [0.717, 1.165) is 22.4 Å². The molecule has 1 atom stereocenters. The molecule has 2 heterocycles. The fourth-order valence-corrected chi connectivity index (χ4v) is 4.75. The van der Waals surface area contributed by atoms with Crippen molar-refractivity contribution >= 4 is 23.4 Å². The Kier molecular flexibility index (Phi) is 5.61. The van der Waals surface area contributed by atoms with Crippen LogP contribution in [-0.2, 0) is 9.53 Å². The number of ether oxygens (including phenoxy) is 2. The Hall–Kier alpha value is -3.45. The fourth-order valence-electron chi connectivity index (χ4n) is 3.70. The molecule has 0 N–H and O–H groups in total. The van der Waals surface area contributed by atoms with Gasteiger partial charge >= 0.3 is 5.97 Å². The normalized spacial score (nSPS) is 16.0. The number of nitrogens with zero attached hydrogens (tertiary/aromatic N) is 2. The van der Waals surface area contributed by atoms with Gasteiger partial charge in [-0.05, 0) is 43.2 Å². The van der Waals surface area contributed by atoms with Gasteiger partial charge in [0, 0.05) is 0 Å². The van der Waals surface area contributed by atoms with Crippen LogP contribution in [0.15, 0.2) is 69.6 Å². The number of methoxy groups -OCH3 is 2. The van der Waals surface area contributed by atoms with E-state index in [0.29, 0.717) is 20.6 Å². The number of thiazole rings is 1. The summed E-state index contributed by atoms with van der Waals surface area (Å²) in [6, 6.07) is 14.7. The summed E-state index contributed by atoms with van der Waals surface area (Å²) in [7, 11) is 2.95. The number of rotatable bonds is 4. The number of hydrogen-bond donors (Lipinski definition) is 0. The first-order chi connectivity index (χ1) is 14.9. The summed E-state index contributed by atoms with van der Waals surface area (Å²) in [6.07, 6.45) is 1.83. The standard InChI is InChI=1S/C24H22N2O4S/c1-14-6-5-7-17(12-14)21-20(23(28)30-4)15(2)25-24-26(21)22(27)19(31-24)13-16-8-10-18(29-3)11-9-16/h5-13,21H,1-4H3/b19-13-. The minimum Gasteiger partial charge on any atom is -0.497 e. The second kappa shape index (κ2) is 8.35. The zero-order chi connectivity index (χ0) is 22.1. The lowest BCUT2D eigenvalue weighted by Crippen LogP contribution is -2.39. The number of allylic oxidation sites excluding steroid dienone is 1. The van der Waals surface area contributed by atoms with Crippen LogP contribution in [-0.4, -0.2) is 24.8 Å². The molecule has 3 aromatic rings. The summed E-state index contributed by atoms with van der Waals surface area (Å²) >= 11 is 1.31. The van der Waals surface area contributed by atoms with E-state index in [9.17, 15) is 9.59 Å². The number of aryl methyl sites for hydroxylation is 1. The van der Waals surface area contributed by atoms with Crippen LogP contribution < -0.4 is 19.6 Å². The second-order valence-electron chi connectivity index (χ2n) is 7.26. The molecule has 1 aliphatic rings. The molecule has 0 aliphatic carbocycles. The van der Waals surface area contributed by atoms with Crippen molar-refractivity contribution in [3.63, 3.8) is 0 Å². The Balaban J connectivity index is 1.94. The Labute approximate surface area is 183 Å². The smallest absolute Gasteiger partial charge is 0.338 e. The maximum Gasteiger partial charge on any atom is 0.338 e. The average Bonchev–Trinajstić information content (AvgIpc) is 3.07. The van der Waals surface area contributed by atoms with E-state index >= 15 is 0 Å². The monoisotopic (exact) mass is 434 g/mol. The number of benzene rings is 2. The lowest BCUT2D eigenvalue weighted by molar-refractivity contribution is -0.136. The first-order valence-corrected chi connectivity index (χ1v) is 10.6. The number of hydrogen-bond acceptors (Lipinski definition) is 6. The van der Waals surface area contributed by atoms with Crippen molar-refractivity contribution in [2.24, 2.45) is 4.99 Å². The Morgan fingerprint density at radius 2 is 1.87 bits per heavy atom. The molecule has 0 saturated heterocycles. The first-order valence-electron chi connectivity index (χ1n) is 9.74. The molecule has 6 nitrogen and oxygen atoms in total.